The van der Waals surface area contributed by atoms with Gasteiger partial charge in [-0.3, -0.25) is 4.79 Å². The largest absolute Gasteiger partial charge is 0.508 e. The smallest absolute Gasteiger partial charge is 0.337 e. The summed E-state index contributed by atoms with van der Waals surface area (Å²) >= 11 is 0. The highest BCUT2D eigenvalue weighted by atomic mass is 16.8. The summed E-state index contributed by atoms with van der Waals surface area (Å²) in [6.45, 7) is 1.06. The third-order valence-corrected chi connectivity index (χ3v) is 6.19. The standard InChI is InChI=1S/C25H32O12/c1-3-15-16(10-19(28)34-9-8-13-4-6-14(27)7-5-13)17(23(32)33-2)12-35-24(15)37-25-22(31)21(30)20(29)18(11-26)36-25/h3-7,12,16,18,20-22,24-27,29-31H,8-11H2,1-2H3/b15-3+/t16-,18-,20-,21+,22-,24+,25+/m1/s1. The van der Waals surface area contributed by atoms with Crippen LogP contribution < -0.4 is 0 Å². The van der Waals surface area contributed by atoms with E-state index in [2.05, 4.69) is 0 Å². The number of benzene rings is 1. The number of carbonyl (C=O) groups excluding carboxylic acids is 2. The van der Waals surface area contributed by atoms with Gasteiger partial charge in [-0.2, -0.15) is 0 Å². The second kappa shape index (κ2) is 13.0. The number of hydrogen-bond acceptors (Lipinski definition) is 12. The molecule has 0 unspecified atom stereocenters. The number of hydrogen-bond donors (Lipinski definition) is 5. The molecule has 1 aromatic carbocycles. The van der Waals surface area contributed by atoms with Crippen LogP contribution in [-0.4, -0.2) is 94.8 Å². The summed E-state index contributed by atoms with van der Waals surface area (Å²) in [5.74, 6) is -2.07. The van der Waals surface area contributed by atoms with E-state index < -0.39 is 61.5 Å². The number of allylic oxidation sites excluding steroid dienone is 1. The highest BCUT2D eigenvalue weighted by Crippen LogP contribution is 2.36. The fourth-order valence-corrected chi connectivity index (χ4v) is 4.10. The van der Waals surface area contributed by atoms with E-state index in [4.69, 9.17) is 23.7 Å². The molecule has 1 aromatic rings. The Morgan fingerprint density at radius 3 is 2.41 bits per heavy atom. The molecular formula is C25H32O12. The Morgan fingerprint density at radius 2 is 1.78 bits per heavy atom. The van der Waals surface area contributed by atoms with E-state index in [1.807, 2.05) is 0 Å². The third-order valence-electron chi connectivity index (χ3n) is 6.19. The lowest BCUT2D eigenvalue weighted by molar-refractivity contribution is -0.327. The van der Waals surface area contributed by atoms with Crippen molar-refractivity contribution in [1.82, 2.24) is 0 Å². The quantitative estimate of drug-likeness (QED) is 0.210. The second-order valence-electron chi connectivity index (χ2n) is 8.55. The SMILES string of the molecule is C/C=C1/[C@H](O[C@@H]2O[C@H](CO)[C@@H](O)[C@H](O)[C@H]2O)OC=C(C(=O)OC)[C@@H]1CC(=O)OCCc1ccc(O)cc1. The minimum Gasteiger partial charge on any atom is -0.508 e. The van der Waals surface area contributed by atoms with E-state index in [-0.39, 0.29) is 24.4 Å². The van der Waals surface area contributed by atoms with Gasteiger partial charge in [0.15, 0.2) is 6.29 Å². The van der Waals surface area contributed by atoms with E-state index in [0.29, 0.717) is 12.0 Å². The Hall–Kier alpha value is -3.00. The summed E-state index contributed by atoms with van der Waals surface area (Å²) in [5.41, 5.74) is 1.23. The molecule has 1 saturated heterocycles. The molecule has 0 aromatic heterocycles. The van der Waals surface area contributed by atoms with Crippen molar-refractivity contribution in [2.24, 2.45) is 5.92 Å². The van der Waals surface area contributed by atoms with Gasteiger partial charge in [0.05, 0.1) is 38.6 Å². The van der Waals surface area contributed by atoms with Gasteiger partial charge in [-0.15, -0.1) is 0 Å². The molecule has 0 saturated carbocycles. The molecule has 7 atom stereocenters. The molecule has 37 heavy (non-hydrogen) atoms. The van der Waals surface area contributed by atoms with Crippen molar-refractivity contribution in [3.8, 4) is 5.75 Å². The number of carbonyl (C=O) groups is 2. The Kier molecular flexibility index (Phi) is 10.0. The van der Waals surface area contributed by atoms with Gasteiger partial charge in [-0.25, -0.2) is 4.79 Å². The first kappa shape index (κ1) is 28.6. The first-order chi connectivity index (χ1) is 17.7. The van der Waals surface area contributed by atoms with Crippen molar-refractivity contribution in [2.75, 3.05) is 20.3 Å². The van der Waals surface area contributed by atoms with Gasteiger partial charge >= 0.3 is 11.9 Å². The molecule has 1 fully saturated rings. The van der Waals surface area contributed by atoms with Crippen molar-refractivity contribution in [1.29, 1.82) is 0 Å². The number of phenols is 1. The molecule has 5 N–H and O–H groups in total. The minimum absolute atomic E-state index is 0.0414. The van der Waals surface area contributed by atoms with Gasteiger partial charge in [-0.1, -0.05) is 18.2 Å². The minimum atomic E-state index is -1.67. The van der Waals surface area contributed by atoms with Crippen LogP contribution in [0.5, 0.6) is 5.75 Å². The first-order valence-corrected chi connectivity index (χ1v) is 11.7. The zero-order valence-corrected chi connectivity index (χ0v) is 20.4. The number of aliphatic hydroxyl groups excluding tert-OH is 4. The van der Waals surface area contributed by atoms with Gasteiger partial charge in [0.25, 0.3) is 0 Å². The Labute approximate surface area is 213 Å². The van der Waals surface area contributed by atoms with E-state index >= 15 is 0 Å². The van der Waals surface area contributed by atoms with E-state index in [9.17, 15) is 35.1 Å². The first-order valence-electron chi connectivity index (χ1n) is 11.7. The van der Waals surface area contributed by atoms with Crippen molar-refractivity contribution < 1.29 is 58.8 Å². The van der Waals surface area contributed by atoms with Gasteiger partial charge in [0.2, 0.25) is 6.29 Å². The Morgan fingerprint density at radius 1 is 1.08 bits per heavy atom. The lowest BCUT2D eigenvalue weighted by Gasteiger charge is -2.41. The van der Waals surface area contributed by atoms with Crippen LogP contribution in [0.15, 0.2) is 47.7 Å². The summed E-state index contributed by atoms with van der Waals surface area (Å²) in [4.78, 5) is 25.1. The number of esters is 2. The molecule has 12 heteroatoms. The van der Waals surface area contributed by atoms with Crippen LogP contribution in [0.25, 0.3) is 0 Å². The van der Waals surface area contributed by atoms with Crippen LogP contribution in [0.4, 0.5) is 0 Å². The maximum Gasteiger partial charge on any atom is 0.337 e. The van der Waals surface area contributed by atoms with Crippen LogP contribution in [0.2, 0.25) is 0 Å². The summed E-state index contributed by atoms with van der Waals surface area (Å²) in [7, 11) is 1.18. The number of phenolic OH excluding ortho intramolecular Hbond substituents is 1. The van der Waals surface area contributed by atoms with Crippen molar-refractivity contribution in [3.63, 3.8) is 0 Å². The molecule has 2 aliphatic rings. The molecule has 0 radical (unpaired) electrons. The van der Waals surface area contributed by atoms with E-state index in [1.165, 1.54) is 19.2 Å². The van der Waals surface area contributed by atoms with Crippen molar-refractivity contribution in [2.45, 2.75) is 56.8 Å². The van der Waals surface area contributed by atoms with E-state index in [1.54, 1.807) is 25.1 Å². The molecule has 2 heterocycles. The number of methoxy groups -OCH3 is 1. The molecule has 12 nitrogen and oxygen atoms in total. The maximum absolute atomic E-state index is 12.7. The highest BCUT2D eigenvalue weighted by molar-refractivity contribution is 5.90. The number of aromatic hydroxyl groups is 1. The molecule has 0 spiro atoms. The normalized spacial score (nSPS) is 30.8. The zero-order chi connectivity index (χ0) is 27.1. The number of rotatable bonds is 9. The fraction of sp³-hybridized carbons (Fsp3) is 0.520. The van der Waals surface area contributed by atoms with Crippen LogP contribution >= 0.6 is 0 Å². The number of ether oxygens (including phenoxy) is 5. The molecule has 0 amide bonds. The van der Waals surface area contributed by atoms with Gasteiger partial charge < -0.3 is 49.2 Å². The topological polar surface area (TPSA) is 181 Å². The fourth-order valence-electron chi connectivity index (χ4n) is 4.10. The van der Waals surface area contributed by atoms with E-state index in [0.717, 1.165) is 11.8 Å². The van der Waals surface area contributed by atoms with Crippen molar-refractivity contribution in [3.05, 3.63) is 53.3 Å². The van der Waals surface area contributed by atoms with Crippen LogP contribution in [0.1, 0.15) is 18.9 Å². The maximum atomic E-state index is 12.7. The van der Waals surface area contributed by atoms with Gasteiger partial charge in [0.1, 0.15) is 30.2 Å². The average Bonchev–Trinajstić information content (AvgIpc) is 2.89. The van der Waals surface area contributed by atoms with Gasteiger partial charge in [0, 0.05) is 17.9 Å². The predicted octanol–water partition coefficient (Wildman–Crippen LogP) is -0.340. The zero-order valence-electron chi connectivity index (χ0n) is 20.4. The van der Waals surface area contributed by atoms with Crippen molar-refractivity contribution >= 4 is 11.9 Å². The lowest BCUT2D eigenvalue weighted by atomic mass is 9.86. The average molecular weight is 525 g/mol. The predicted molar refractivity (Wildman–Crippen MR) is 124 cm³/mol. The van der Waals surface area contributed by atoms with Gasteiger partial charge in [-0.05, 0) is 24.6 Å². The lowest BCUT2D eigenvalue weighted by Crippen LogP contribution is -2.60. The monoisotopic (exact) mass is 524 g/mol. The Bertz CT molecular complexity index is 986. The Balaban J connectivity index is 1.71. The molecule has 0 bridgehead atoms. The highest BCUT2D eigenvalue weighted by Gasteiger charge is 2.46. The summed E-state index contributed by atoms with van der Waals surface area (Å²) in [6, 6.07) is 6.47. The second-order valence-corrected chi connectivity index (χ2v) is 8.55. The molecule has 3 rings (SSSR count). The van der Waals surface area contributed by atoms with Crippen LogP contribution in [-0.2, 0) is 39.7 Å². The third kappa shape index (κ3) is 6.86. The summed E-state index contributed by atoms with van der Waals surface area (Å²) < 4.78 is 26.8. The molecular weight excluding hydrogens is 492 g/mol. The molecule has 2 aliphatic heterocycles. The molecule has 204 valence electrons. The van der Waals surface area contributed by atoms with Crippen LogP contribution in [0.3, 0.4) is 0 Å². The summed E-state index contributed by atoms with van der Waals surface area (Å²) in [6.07, 6.45) is -6.02. The molecule has 0 aliphatic carbocycles. The summed E-state index contributed by atoms with van der Waals surface area (Å²) in [5, 5.41) is 49.1. The van der Waals surface area contributed by atoms with Crippen LogP contribution in [0, 0.1) is 5.92 Å². The number of aliphatic hydroxyl groups is 4.